The molecule has 14 saturated heterocycles. The van der Waals surface area contributed by atoms with Crippen molar-refractivity contribution in [1.29, 1.82) is 0 Å². The van der Waals surface area contributed by atoms with Crippen molar-refractivity contribution in [1.82, 2.24) is 103 Å². The van der Waals surface area contributed by atoms with Crippen LogP contribution in [-0.4, -0.2) is 485 Å². The van der Waals surface area contributed by atoms with E-state index in [4.69, 9.17) is 9.47 Å². The van der Waals surface area contributed by atoms with Gasteiger partial charge < -0.3 is 87.9 Å². The second kappa shape index (κ2) is 46.9. The van der Waals surface area contributed by atoms with Crippen molar-refractivity contribution in [2.24, 2.45) is 23.2 Å². The molecule has 0 radical (unpaired) electrons. The zero-order valence-electron chi connectivity index (χ0n) is 88.3. The fourth-order valence-electron chi connectivity index (χ4n) is 22.2. The van der Waals surface area contributed by atoms with Gasteiger partial charge in [-0.3, -0.25) is 24.5 Å². The highest BCUT2D eigenvalue weighted by Gasteiger charge is 2.57. The quantitative estimate of drug-likeness (QED) is 0.168. The molecule has 14 rings (SSSR count). The van der Waals surface area contributed by atoms with Crippen LogP contribution < -0.4 is 0 Å². The van der Waals surface area contributed by atoms with E-state index in [-0.39, 0.29) is 95.7 Å². The highest BCUT2D eigenvalue weighted by molar-refractivity contribution is 5.78. The summed E-state index contributed by atoms with van der Waals surface area (Å²) in [7, 11) is 15.0. The molecule has 0 aromatic rings. The van der Waals surface area contributed by atoms with Gasteiger partial charge in [-0.15, -0.1) is 0 Å². The number of hydrogen-bond acceptors (Lipinski definition) is 16. The molecule has 14 heterocycles. The third kappa shape index (κ3) is 26.8. The molecule has 30 heteroatoms. The number of piperidine rings is 1. The van der Waals surface area contributed by atoms with Gasteiger partial charge in [-0.25, -0.2) is 33.6 Å². The number of likely N-dealkylation sites (tertiary alicyclic amines) is 12. The van der Waals surface area contributed by atoms with Crippen LogP contribution in [0, 0.1) is 23.2 Å². The largest absolute Gasteiger partial charge is 0.373 e. The van der Waals surface area contributed by atoms with E-state index in [0.717, 1.165) is 137 Å². The van der Waals surface area contributed by atoms with E-state index in [1.54, 1.807) is 9.80 Å². The van der Waals surface area contributed by atoms with Gasteiger partial charge in [-0.2, -0.15) is 0 Å². The maximum absolute atomic E-state index is 12.4. The minimum absolute atomic E-state index is 0.122. The fourth-order valence-corrected chi connectivity index (χ4v) is 22.2. The van der Waals surface area contributed by atoms with Crippen LogP contribution in [0.4, 0.5) is 33.6 Å². The molecule has 14 fully saturated rings. The van der Waals surface area contributed by atoms with Crippen LogP contribution in [-0.2, 0) is 9.47 Å². The van der Waals surface area contributed by atoms with Crippen LogP contribution in [0.5, 0.6) is 0 Å². The summed E-state index contributed by atoms with van der Waals surface area (Å²) in [5.74, 6) is 2.08. The Balaban J connectivity index is 0.000000186. The second-order valence-corrected chi connectivity index (χ2v) is 45.1. The lowest BCUT2D eigenvalue weighted by Gasteiger charge is -2.64. The van der Waals surface area contributed by atoms with Gasteiger partial charge in [-0.1, -0.05) is 0 Å². The number of fused-ring (bicyclic) bond motifs is 3. The Morgan fingerprint density at radius 3 is 1.14 bits per heavy atom. The molecule has 0 aliphatic carbocycles. The molecule has 0 aromatic heterocycles. The topological polar surface area (TPSA) is 206 Å². The Labute approximate surface area is 785 Å². The number of nitrogens with zero attached hydrogens (tertiary/aromatic N) is 21. The molecule has 9 unspecified atom stereocenters. The number of carbonyl (C=O) groups excluding carboxylic acids is 7. The predicted molar refractivity (Wildman–Crippen MR) is 523 cm³/mol. The van der Waals surface area contributed by atoms with Crippen molar-refractivity contribution in [2.45, 2.75) is 351 Å². The highest BCUT2D eigenvalue weighted by atomic mass is 16.5. The lowest BCUT2D eigenvalue weighted by atomic mass is 9.76. The lowest BCUT2D eigenvalue weighted by molar-refractivity contribution is -0.124. The summed E-state index contributed by atoms with van der Waals surface area (Å²) in [4.78, 5) is 130. The van der Waals surface area contributed by atoms with Gasteiger partial charge in [0.2, 0.25) is 0 Å². The first-order chi connectivity index (χ1) is 60.2. The minimum atomic E-state index is -0.143. The summed E-state index contributed by atoms with van der Waals surface area (Å²) in [6, 6.07) is 7.81. The van der Waals surface area contributed by atoms with Gasteiger partial charge in [-0.05, 0) is 275 Å². The molecule has 0 aromatic carbocycles. The Kier molecular flexibility index (Phi) is 39.5. The number of urea groups is 7. The van der Waals surface area contributed by atoms with Gasteiger partial charge in [0.15, 0.2) is 0 Å². The average Bonchev–Trinajstić information content (AvgIpc) is 1.54. The van der Waals surface area contributed by atoms with E-state index in [2.05, 4.69) is 201 Å². The van der Waals surface area contributed by atoms with Gasteiger partial charge in [0.1, 0.15) is 5.60 Å². The van der Waals surface area contributed by atoms with E-state index in [9.17, 15) is 33.6 Å². The lowest BCUT2D eigenvalue weighted by Crippen LogP contribution is -2.79. The van der Waals surface area contributed by atoms with Crippen LogP contribution in [0.2, 0.25) is 0 Å². The van der Waals surface area contributed by atoms with Crippen molar-refractivity contribution in [2.75, 3.05) is 227 Å². The molecule has 30 nitrogen and oxygen atoms in total. The molecule has 14 aliphatic rings. The van der Waals surface area contributed by atoms with Gasteiger partial charge in [0.05, 0.1) is 44.0 Å². The summed E-state index contributed by atoms with van der Waals surface area (Å²) in [6.07, 6.45) is 11.0. The van der Waals surface area contributed by atoms with Crippen LogP contribution in [0.3, 0.4) is 0 Å². The first-order valence-electron chi connectivity index (χ1n) is 50.8. The molecule has 746 valence electrons. The van der Waals surface area contributed by atoms with Crippen molar-refractivity contribution >= 4 is 42.2 Å². The van der Waals surface area contributed by atoms with Crippen molar-refractivity contribution < 1.29 is 43.0 Å². The van der Waals surface area contributed by atoms with E-state index in [1.165, 1.54) is 90.8 Å². The van der Waals surface area contributed by atoms with Gasteiger partial charge in [0.25, 0.3) is 0 Å². The second-order valence-electron chi connectivity index (χ2n) is 45.1. The summed E-state index contributed by atoms with van der Waals surface area (Å²) >= 11 is 0. The molecule has 0 bridgehead atoms. The van der Waals surface area contributed by atoms with Crippen LogP contribution in [0.15, 0.2) is 0 Å². The minimum Gasteiger partial charge on any atom is -0.373 e. The highest BCUT2D eigenvalue weighted by Crippen LogP contribution is 2.44. The van der Waals surface area contributed by atoms with Crippen LogP contribution in [0.1, 0.15) is 238 Å². The summed E-state index contributed by atoms with van der Waals surface area (Å²) < 4.78 is 11.9. The molecule has 14 amide bonds. The molecular weight excluding hydrogens is 1630 g/mol. The molecule has 0 N–H and O–H groups in total. The van der Waals surface area contributed by atoms with E-state index in [0.29, 0.717) is 83.1 Å². The zero-order chi connectivity index (χ0) is 96.3. The number of carbonyl (C=O) groups is 7. The number of hydrogen-bond donors (Lipinski definition) is 0. The number of ether oxygens (including phenoxy) is 2. The van der Waals surface area contributed by atoms with E-state index >= 15 is 0 Å². The van der Waals surface area contributed by atoms with Crippen LogP contribution >= 0.6 is 0 Å². The molecule has 4 spiro atoms. The van der Waals surface area contributed by atoms with Gasteiger partial charge in [0, 0.05) is 276 Å². The number of amides is 14. The SMILES string of the molecule is CC(C)N(C)C(=O)N1CC2(CCN2C(C)C)C1.CC(C)N(C)C(=O)N1CC2CCCN(C(C)C)C2C1.CC(C)N(C)C(=O)N1CC2OCCN(C(C)C)C2C1.CC(C)N(C)C(=O)N1CCC2(CCCN2C(C)C)C1.CC(C)N1CC2CN(C(=O)N(C)C)CC2C1.CC(C)N1CCC2(CCN(C(=O)N(C)C(C)C)C2)C1.CC(C)N1CCOC2(CCN(C(=O)N(C)C(C)C)C2)C1. The number of morpholine rings is 2. The van der Waals surface area contributed by atoms with Crippen LogP contribution in [0.25, 0.3) is 0 Å². The van der Waals surface area contributed by atoms with E-state index < -0.39 is 0 Å². The normalized spacial score (nSPS) is 27.6. The van der Waals surface area contributed by atoms with Crippen molar-refractivity contribution in [3.05, 3.63) is 0 Å². The first-order valence-corrected chi connectivity index (χ1v) is 50.8. The summed E-state index contributed by atoms with van der Waals surface area (Å²) in [6.45, 7) is 81.3. The summed E-state index contributed by atoms with van der Waals surface area (Å²) in [5.41, 5.74) is 0.817. The average molecular weight is 1820 g/mol. The first kappa shape index (κ1) is 109. The molecular formula is C99H191N21O9. The monoisotopic (exact) mass is 1820 g/mol. The Morgan fingerprint density at radius 1 is 0.287 bits per heavy atom. The maximum atomic E-state index is 12.4. The van der Waals surface area contributed by atoms with Crippen molar-refractivity contribution in [3.63, 3.8) is 0 Å². The fraction of sp³-hybridized carbons (Fsp3) is 0.929. The zero-order valence-corrected chi connectivity index (χ0v) is 88.3. The molecule has 129 heavy (non-hydrogen) atoms. The third-order valence-corrected chi connectivity index (χ3v) is 32.1. The Bertz CT molecular complexity index is 3430. The third-order valence-electron chi connectivity index (χ3n) is 32.1. The predicted octanol–water partition coefficient (Wildman–Crippen LogP) is 12.3. The molecule has 0 saturated carbocycles. The Morgan fingerprint density at radius 2 is 0.682 bits per heavy atom. The number of rotatable bonds is 13. The summed E-state index contributed by atoms with van der Waals surface area (Å²) in [5, 5.41) is 0. The van der Waals surface area contributed by atoms with Gasteiger partial charge >= 0.3 is 42.2 Å². The standard InChI is InChI=1S/C15H29N3O2.3C15H29N3O.C14H27N3O2.C13H25N3O.C12H23N3O/c1-12(2)16(5)14(19)18-7-6-15(11-18)10-17(13(3)4)8-9-20-15;1-12(2)16(5)14(19)18-9-7-15(11-18)6-8-17(10-15)13(3)4;1-12(2)16(5)14(19)17-10-8-15(11-17)7-6-9-18(15)13(3)4;1-11(2)16(5)15(19)17-9-13-7-6-8-18(12(3)4)14(13)10-17;1-10(2)15(5)14(18)16-8-12-13(9-16)19-7-6-17(12)11(3)4;1-10(2)14(5)12(17)15-8-13(9-15)6-7-16(13)11(3)4;1-9(2)14-5-10-7-15(8-11(10)6-14)12(16)13(3)4/h12-13H,6-11H2,1-5H3;2*12-13H,6-11H2,1-5H3;11-14H,6-10H2,1-5H3;10-13H,6-9H2,1-5H3;10-11H,6-9H2,1-5H3;9-11H,5-8H2,1-4H3. The molecule has 9 atom stereocenters. The maximum Gasteiger partial charge on any atom is 0.320 e. The smallest absolute Gasteiger partial charge is 0.320 e. The Hall–Kier alpha value is -5.47. The molecule has 14 aliphatic heterocycles. The van der Waals surface area contributed by atoms with E-state index in [1.807, 2.05) is 128 Å². The van der Waals surface area contributed by atoms with Crippen molar-refractivity contribution in [3.8, 4) is 0 Å².